The van der Waals surface area contributed by atoms with Crippen LogP contribution in [0.3, 0.4) is 0 Å². The monoisotopic (exact) mass is 317 g/mol. The number of fused-ring (bicyclic) bond motifs is 1. The Labute approximate surface area is 131 Å². The number of carbonyl (C=O) groups excluding carboxylic acids is 2. The van der Waals surface area contributed by atoms with Gasteiger partial charge in [-0.1, -0.05) is 12.1 Å². The summed E-state index contributed by atoms with van der Waals surface area (Å²) in [6, 6.07) is 4.34. The summed E-state index contributed by atoms with van der Waals surface area (Å²) in [6.07, 6.45) is 2.08. The Kier molecular flexibility index (Phi) is 3.73. The summed E-state index contributed by atoms with van der Waals surface area (Å²) >= 11 is 0. The molecule has 0 saturated heterocycles. The van der Waals surface area contributed by atoms with Crippen LogP contribution in [0.2, 0.25) is 0 Å². The van der Waals surface area contributed by atoms with E-state index in [1.807, 2.05) is 0 Å². The number of carbonyl (C=O) groups is 2. The number of hydrogen-bond donors (Lipinski definition) is 2. The number of anilines is 1. The second kappa shape index (κ2) is 5.71. The van der Waals surface area contributed by atoms with Crippen LogP contribution >= 0.6 is 0 Å². The third-order valence-corrected chi connectivity index (χ3v) is 3.94. The third-order valence-electron chi connectivity index (χ3n) is 3.94. The Bertz CT molecular complexity index is 773. The van der Waals surface area contributed by atoms with Crippen molar-refractivity contribution in [3.8, 4) is 0 Å². The smallest absolute Gasteiger partial charge is 0.322 e. The van der Waals surface area contributed by atoms with Crippen LogP contribution in [-0.2, 0) is 18.3 Å². The average molecular weight is 317 g/mol. The van der Waals surface area contributed by atoms with Crippen molar-refractivity contribution in [1.82, 2.24) is 14.7 Å². The van der Waals surface area contributed by atoms with E-state index in [-0.39, 0.29) is 5.69 Å². The summed E-state index contributed by atoms with van der Waals surface area (Å²) in [5.74, 6) is -1.20. The van der Waals surface area contributed by atoms with Crippen molar-refractivity contribution in [2.24, 2.45) is 12.8 Å². The molecule has 3 rings (SSSR count). The minimum Gasteiger partial charge on any atom is -0.368 e. The van der Waals surface area contributed by atoms with Crippen LogP contribution in [0.1, 0.15) is 17.3 Å². The number of nitrogens with zero attached hydrogens (tertiary/aromatic N) is 3. The maximum Gasteiger partial charge on any atom is 0.322 e. The number of halogens is 1. The average Bonchev–Trinajstić information content (AvgIpc) is 2.90. The van der Waals surface area contributed by atoms with Crippen molar-refractivity contribution in [3.63, 3.8) is 0 Å². The first-order valence-corrected chi connectivity index (χ1v) is 7.11. The predicted molar refractivity (Wildman–Crippen MR) is 81.0 cm³/mol. The summed E-state index contributed by atoms with van der Waals surface area (Å²) < 4.78 is 15.3. The van der Waals surface area contributed by atoms with Crippen LogP contribution in [0, 0.1) is 5.82 Å². The summed E-state index contributed by atoms with van der Waals surface area (Å²) in [6.45, 7) is 0.292. The Morgan fingerprint density at radius 2 is 2.13 bits per heavy atom. The molecule has 1 aromatic carbocycles. The van der Waals surface area contributed by atoms with Gasteiger partial charge in [-0.2, -0.15) is 5.10 Å². The highest BCUT2D eigenvalue weighted by Gasteiger charge is 2.36. The zero-order valence-corrected chi connectivity index (χ0v) is 12.5. The van der Waals surface area contributed by atoms with Crippen molar-refractivity contribution in [2.75, 3.05) is 11.9 Å². The topological polar surface area (TPSA) is 93.2 Å². The highest BCUT2D eigenvalue weighted by atomic mass is 19.1. The lowest BCUT2D eigenvalue weighted by Gasteiger charge is -2.33. The molecule has 1 unspecified atom stereocenters. The van der Waals surface area contributed by atoms with Gasteiger partial charge in [-0.3, -0.25) is 9.48 Å². The quantitative estimate of drug-likeness (QED) is 0.871. The van der Waals surface area contributed by atoms with Crippen LogP contribution in [0.25, 0.3) is 0 Å². The van der Waals surface area contributed by atoms with Crippen molar-refractivity contribution in [1.29, 1.82) is 0 Å². The molecule has 3 amide bonds. The van der Waals surface area contributed by atoms with Crippen LogP contribution in [-0.4, -0.2) is 33.2 Å². The molecule has 2 heterocycles. The van der Waals surface area contributed by atoms with Crippen molar-refractivity contribution in [3.05, 3.63) is 47.5 Å². The van der Waals surface area contributed by atoms with Gasteiger partial charge in [-0.05, 0) is 12.1 Å². The van der Waals surface area contributed by atoms with Gasteiger partial charge in [0.25, 0.3) is 0 Å². The lowest BCUT2D eigenvalue weighted by Crippen LogP contribution is -2.47. The molecule has 0 saturated carbocycles. The van der Waals surface area contributed by atoms with Crippen molar-refractivity contribution < 1.29 is 14.0 Å². The normalized spacial score (nSPS) is 16.8. The van der Waals surface area contributed by atoms with Crippen LogP contribution < -0.4 is 11.1 Å². The molecule has 1 aliphatic rings. The fraction of sp³-hybridized carbons (Fsp3) is 0.267. The van der Waals surface area contributed by atoms with Gasteiger partial charge >= 0.3 is 6.03 Å². The lowest BCUT2D eigenvalue weighted by molar-refractivity contribution is -0.122. The molecule has 0 spiro atoms. The number of aryl methyl sites for hydroxylation is 1. The maximum atomic E-state index is 13.7. The number of hydrogen-bond acceptors (Lipinski definition) is 3. The molecule has 23 heavy (non-hydrogen) atoms. The maximum absolute atomic E-state index is 13.7. The van der Waals surface area contributed by atoms with Gasteiger partial charge in [0.2, 0.25) is 5.91 Å². The summed E-state index contributed by atoms with van der Waals surface area (Å²) in [5, 5.41) is 6.59. The number of rotatable bonds is 2. The molecular weight excluding hydrogens is 301 g/mol. The molecule has 120 valence electrons. The standard InChI is InChI=1S/C15H16FN5O2/c1-20-12-6-7-21(13(14(17)22)9(12)8-18-20)15(23)19-11-5-3-2-4-10(11)16/h2-5,8,13H,6-7H2,1H3,(H2,17,22)(H,19,23). The number of aromatic nitrogens is 2. The predicted octanol–water partition coefficient (Wildman–Crippen LogP) is 1.18. The summed E-state index contributed by atoms with van der Waals surface area (Å²) in [4.78, 5) is 25.6. The van der Waals surface area contributed by atoms with Crippen LogP contribution in [0.15, 0.2) is 30.5 Å². The molecule has 1 aromatic heterocycles. The number of nitrogens with two attached hydrogens (primary N) is 1. The van der Waals surface area contributed by atoms with Gasteiger partial charge < -0.3 is 16.0 Å². The molecular formula is C15H16FN5O2. The summed E-state index contributed by atoms with van der Waals surface area (Å²) in [5.41, 5.74) is 7.00. The molecule has 0 radical (unpaired) electrons. The molecule has 1 aliphatic heterocycles. The molecule has 7 nitrogen and oxygen atoms in total. The van der Waals surface area contributed by atoms with Gasteiger partial charge in [-0.15, -0.1) is 0 Å². The second-order valence-electron chi connectivity index (χ2n) is 5.33. The highest BCUT2D eigenvalue weighted by molar-refractivity contribution is 5.94. The molecule has 0 aliphatic carbocycles. The fourth-order valence-electron chi connectivity index (χ4n) is 2.81. The molecule has 3 N–H and O–H groups in total. The molecule has 0 fully saturated rings. The number of primary amides is 1. The Balaban J connectivity index is 1.88. The Morgan fingerprint density at radius 3 is 2.83 bits per heavy atom. The highest BCUT2D eigenvalue weighted by Crippen LogP contribution is 2.30. The van der Waals surface area contributed by atoms with E-state index in [0.29, 0.717) is 18.5 Å². The fourth-order valence-corrected chi connectivity index (χ4v) is 2.81. The van der Waals surface area contributed by atoms with Crippen LogP contribution in [0.4, 0.5) is 14.9 Å². The zero-order chi connectivity index (χ0) is 16.6. The Hall–Kier alpha value is -2.90. The van der Waals surface area contributed by atoms with E-state index in [9.17, 15) is 14.0 Å². The number of amides is 3. The second-order valence-corrected chi connectivity index (χ2v) is 5.33. The molecule has 2 aromatic rings. The van der Waals surface area contributed by atoms with E-state index >= 15 is 0 Å². The minimum atomic E-state index is -0.917. The SMILES string of the molecule is Cn1ncc2c1CCN(C(=O)Nc1ccccc1F)C2C(N)=O. The van der Waals surface area contributed by atoms with Crippen LogP contribution in [0.5, 0.6) is 0 Å². The zero-order valence-electron chi connectivity index (χ0n) is 12.5. The van der Waals surface area contributed by atoms with E-state index in [0.717, 1.165) is 5.69 Å². The van der Waals surface area contributed by atoms with Gasteiger partial charge in [0.1, 0.15) is 11.9 Å². The van der Waals surface area contributed by atoms with Gasteiger partial charge in [0, 0.05) is 31.3 Å². The Morgan fingerprint density at radius 1 is 1.39 bits per heavy atom. The van der Waals surface area contributed by atoms with Gasteiger partial charge in [0.05, 0.1) is 11.9 Å². The number of benzene rings is 1. The number of para-hydroxylation sites is 1. The van der Waals surface area contributed by atoms with E-state index in [1.54, 1.807) is 17.8 Å². The molecule has 1 atom stereocenters. The van der Waals surface area contributed by atoms with E-state index < -0.39 is 23.8 Å². The van der Waals surface area contributed by atoms with E-state index in [4.69, 9.17) is 5.73 Å². The van der Waals surface area contributed by atoms with Crippen molar-refractivity contribution in [2.45, 2.75) is 12.5 Å². The first-order valence-electron chi connectivity index (χ1n) is 7.11. The number of urea groups is 1. The van der Waals surface area contributed by atoms with Gasteiger partial charge in [0.15, 0.2) is 0 Å². The lowest BCUT2D eigenvalue weighted by atomic mass is 9.99. The summed E-state index contributed by atoms with van der Waals surface area (Å²) in [7, 11) is 1.77. The minimum absolute atomic E-state index is 0.0534. The first-order chi connectivity index (χ1) is 11.0. The molecule has 8 heteroatoms. The van der Waals surface area contributed by atoms with Crippen molar-refractivity contribution >= 4 is 17.6 Å². The molecule has 0 bridgehead atoms. The largest absolute Gasteiger partial charge is 0.368 e. The van der Waals surface area contributed by atoms with E-state index in [1.165, 1.54) is 29.3 Å². The first kappa shape index (κ1) is 15.0. The van der Waals surface area contributed by atoms with E-state index in [2.05, 4.69) is 10.4 Å². The van der Waals surface area contributed by atoms with Gasteiger partial charge in [-0.25, -0.2) is 9.18 Å². The third kappa shape index (κ3) is 2.63. The number of nitrogens with one attached hydrogen (secondary N) is 1.